The van der Waals surface area contributed by atoms with Gasteiger partial charge >= 0.3 is 0 Å². The SMILES string of the molecule is CC(=CC(C)(C)C)c1ccc(C(=O)Nc2ccc3c(c2)Cc2ccccc2-3)cc1. The van der Waals surface area contributed by atoms with E-state index in [-0.39, 0.29) is 11.3 Å². The Morgan fingerprint density at radius 3 is 2.24 bits per heavy atom. The number of rotatable bonds is 3. The number of anilines is 1. The van der Waals surface area contributed by atoms with Gasteiger partial charge in [-0.1, -0.05) is 69.3 Å². The Bertz CT molecular complexity index is 1100. The van der Waals surface area contributed by atoms with E-state index in [2.05, 4.69) is 75.5 Å². The van der Waals surface area contributed by atoms with Gasteiger partial charge in [0.2, 0.25) is 0 Å². The van der Waals surface area contributed by atoms with Gasteiger partial charge in [0, 0.05) is 11.3 Å². The molecule has 146 valence electrons. The van der Waals surface area contributed by atoms with Gasteiger partial charge in [0.25, 0.3) is 5.91 Å². The highest BCUT2D eigenvalue weighted by Gasteiger charge is 2.18. The first-order valence-electron chi connectivity index (χ1n) is 10.1. The molecular weight excluding hydrogens is 354 g/mol. The van der Waals surface area contributed by atoms with Crippen LogP contribution in [-0.2, 0) is 6.42 Å². The molecule has 0 aromatic heterocycles. The first kappa shape index (κ1) is 19.2. The molecule has 1 N–H and O–H groups in total. The molecule has 1 aliphatic carbocycles. The van der Waals surface area contributed by atoms with Crippen LogP contribution in [0.2, 0.25) is 0 Å². The van der Waals surface area contributed by atoms with E-state index in [4.69, 9.17) is 0 Å². The van der Waals surface area contributed by atoms with E-state index in [0.29, 0.717) is 5.56 Å². The smallest absolute Gasteiger partial charge is 0.255 e. The van der Waals surface area contributed by atoms with Crippen molar-refractivity contribution in [3.05, 3.63) is 95.1 Å². The topological polar surface area (TPSA) is 29.1 Å². The third-order valence-electron chi connectivity index (χ3n) is 5.30. The predicted octanol–water partition coefficient (Wildman–Crippen LogP) is 6.96. The summed E-state index contributed by atoms with van der Waals surface area (Å²) >= 11 is 0. The van der Waals surface area contributed by atoms with Gasteiger partial charge in [-0.2, -0.15) is 0 Å². The van der Waals surface area contributed by atoms with Crippen molar-refractivity contribution in [1.29, 1.82) is 0 Å². The Morgan fingerprint density at radius 1 is 0.862 bits per heavy atom. The quantitative estimate of drug-likeness (QED) is 0.408. The average molecular weight is 382 g/mol. The molecule has 2 nitrogen and oxygen atoms in total. The molecule has 3 aromatic carbocycles. The van der Waals surface area contributed by atoms with Crippen molar-refractivity contribution in [2.75, 3.05) is 5.32 Å². The van der Waals surface area contributed by atoms with Gasteiger partial charge < -0.3 is 5.32 Å². The average Bonchev–Trinajstić information content (AvgIpc) is 3.04. The second-order valence-electron chi connectivity index (χ2n) is 8.93. The standard InChI is InChI=1S/C27H27NO/c1-18(17-27(2,3)4)19-9-11-20(12-10-19)26(29)28-23-13-14-25-22(16-23)15-21-7-5-6-8-24(21)25/h5-14,16-17H,15H2,1-4H3,(H,28,29). The van der Waals surface area contributed by atoms with Crippen LogP contribution in [0.5, 0.6) is 0 Å². The number of carbonyl (C=O) groups is 1. The van der Waals surface area contributed by atoms with Crippen LogP contribution < -0.4 is 5.32 Å². The van der Waals surface area contributed by atoms with Crippen LogP contribution in [0.4, 0.5) is 5.69 Å². The Labute approximate surface area is 173 Å². The molecule has 0 saturated heterocycles. The normalized spacial score (nSPS) is 13.0. The highest BCUT2D eigenvalue weighted by atomic mass is 16.1. The number of hydrogen-bond acceptors (Lipinski definition) is 1. The van der Waals surface area contributed by atoms with E-state index in [1.807, 2.05) is 30.3 Å². The molecule has 0 atom stereocenters. The van der Waals surface area contributed by atoms with Crippen molar-refractivity contribution in [1.82, 2.24) is 0 Å². The Balaban J connectivity index is 1.49. The van der Waals surface area contributed by atoms with Crippen LogP contribution in [-0.4, -0.2) is 5.91 Å². The Hall–Kier alpha value is -3.13. The highest BCUT2D eigenvalue weighted by Crippen LogP contribution is 2.37. The predicted molar refractivity (Wildman–Crippen MR) is 122 cm³/mol. The zero-order valence-electron chi connectivity index (χ0n) is 17.5. The van der Waals surface area contributed by atoms with Gasteiger partial charge in [-0.15, -0.1) is 0 Å². The lowest BCUT2D eigenvalue weighted by molar-refractivity contribution is 0.102. The third-order valence-corrected chi connectivity index (χ3v) is 5.30. The first-order chi connectivity index (χ1) is 13.8. The molecule has 0 spiro atoms. The fourth-order valence-electron chi connectivity index (χ4n) is 4.04. The number of amides is 1. The number of fused-ring (bicyclic) bond motifs is 3. The summed E-state index contributed by atoms with van der Waals surface area (Å²) in [6.45, 7) is 8.68. The number of carbonyl (C=O) groups excluding carboxylic acids is 1. The number of allylic oxidation sites excluding steroid dienone is 2. The lowest BCUT2D eigenvalue weighted by Gasteiger charge is -2.14. The maximum Gasteiger partial charge on any atom is 0.255 e. The molecule has 0 saturated carbocycles. The maximum absolute atomic E-state index is 12.7. The summed E-state index contributed by atoms with van der Waals surface area (Å²) in [4.78, 5) is 12.7. The highest BCUT2D eigenvalue weighted by molar-refractivity contribution is 6.04. The molecule has 0 heterocycles. The largest absolute Gasteiger partial charge is 0.322 e. The van der Waals surface area contributed by atoms with E-state index in [9.17, 15) is 4.79 Å². The van der Waals surface area contributed by atoms with Gasteiger partial charge in [0.05, 0.1) is 0 Å². The lowest BCUT2D eigenvalue weighted by atomic mass is 9.91. The van der Waals surface area contributed by atoms with Gasteiger partial charge in [0.15, 0.2) is 0 Å². The van der Waals surface area contributed by atoms with Gasteiger partial charge in [-0.25, -0.2) is 0 Å². The van der Waals surface area contributed by atoms with Crippen molar-refractivity contribution < 1.29 is 4.79 Å². The van der Waals surface area contributed by atoms with Gasteiger partial charge in [-0.3, -0.25) is 4.79 Å². The minimum absolute atomic E-state index is 0.0792. The molecule has 29 heavy (non-hydrogen) atoms. The molecule has 1 aliphatic rings. The molecule has 3 aromatic rings. The van der Waals surface area contributed by atoms with Crippen LogP contribution in [0.3, 0.4) is 0 Å². The molecular formula is C27H27NO. The maximum atomic E-state index is 12.7. The number of hydrogen-bond donors (Lipinski definition) is 1. The Morgan fingerprint density at radius 2 is 1.52 bits per heavy atom. The molecule has 1 amide bonds. The van der Waals surface area contributed by atoms with Crippen LogP contribution in [0.25, 0.3) is 16.7 Å². The molecule has 0 bridgehead atoms. The third kappa shape index (κ3) is 4.17. The summed E-state index contributed by atoms with van der Waals surface area (Å²) in [6.07, 6.45) is 3.17. The zero-order valence-corrected chi connectivity index (χ0v) is 17.5. The van der Waals surface area contributed by atoms with Crippen molar-refractivity contribution in [2.24, 2.45) is 5.41 Å². The van der Waals surface area contributed by atoms with E-state index in [1.165, 1.54) is 27.8 Å². The molecule has 4 rings (SSSR count). The van der Waals surface area contributed by atoms with E-state index in [1.54, 1.807) is 0 Å². The van der Waals surface area contributed by atoms with Crippen molar-refractivity contribution in [3.63, 3.8) is 0 Å². The minimum atomic E-state index is -0.0792. The van der Waals surface area contributed by atoms with E-state index in [0.717, 1.165) is 17.7 Å². The second kappa shape index (κ2) is 7.36. The molecule has 0 unspecified atom stereocenters. The molecule has 2 heteroatoms. The molecule has 0 aliphatic heterocycles. The molecule has 0 radical (unpaired) electrons. The van der Waals surface area contributed by atoms with Crippen LogP contribution in [0.1, 0.15) is 54.7 Å². The summed E-state index contributed by atoms with van der Waals surface area (Å²) in [6, 6.07) is 22.5. The van der Waals surface area contributed by atoms with Gasteiger partial charge in [-0.05, 0) is 76.4 Å². The number of nitrogens with one attached hydrogen (secondary N) is 1. The van der Waals surface area contributed by atoms with Gasteiger partial charge in [0.1, 0.15) is 0 Å². The van der Waals surface area contributed by atoms with Crippen LogP contribution in [0.15, 0.2) is 72.8 Å². The second-order valence-corrected chi connectivity index (χ2v) is 8.93. The van der Waals surface area contributed by atoms with Crippen LogP contribution >= 0.6 is 0 Å². The number of benzene rings is 3. The summed E-state index contributed by atoms with van der Waals surface area (Å²) in [5.41, 5.74) is 9.19. The van der Waals surface area contributed by atoms with Crippen molar-refractivity contribution in [2.45, 2.75) is 34.1 Å². The fraction of sp³-hybridized carbons (Fsp3) is 0.222. The first-order valence-corrected chi connectivity index (χ1v) is 10.1. The summed E-state index contributed by atoms with van der Waals surface area (Å²) in [7, 11) is 0. The lowest BCUT2D eigenvalue weighted by Crippen LogP contribution is -2.12. The summed E-state index contributed by atoms with van der Waals surface area (Å²) < 4.78 is 0. The zero-order chi connectivity index (χ0) is 20.6. The summed E-state index contributed by atoms with van der Waals surface area (Å²) in [5, 5.41) is 3.05. The van der Waals surface area contributed by atoms with Crippen LogP contribution in [0, 0.1) is 5.41 Å². The Kier molecular flexibility index (Phi) is 4.87. The van der Waals surface area contributed by atoms with E-state index < -0.39 is 0 Å². The van der Waals surface area contributed by atoms with Crippen molar-refractivity contribution in [3.8, 4) is 11.1 Å². The minimum Gasteiger partial charge on any atom is -0.322 e. The van der Waals surface area contributed by atoms with E-state index >= 15 is 0 Å². The fourth-order valence-corrected chi connectivity index (χ4v) is 4.04. The molecule has 0 fully saturated rings. The monoisotopic (exact) mass is 381 g/mol. The summed E-state index contributed by atoms with van der Waals surface area (Å²) in [5.74, 6) is -0.0792. The van der Waals surface area contributed by atoms with Crippen molar-refractivity contribution >= 4 is 17.2 Å².